The maximum atomic E-state index is 14.9. The van der Waals surface area contributed by atoms with Crippen molar-refractivity contribution in [3.63, 3.8) is 0 Å². The molecule has 1 aliphatic heterocycles. The number of nitrogens with two attached hydrogens (primary N) is 1. The van der Waals surface area contributed by atoms with Crippen LogP contribution >= 0.6 is 0 Å². The standard InChI is InChI=1S/C24H39FN2.Al.Li.H/c25-23-18-21(19-26)14-16-24(23)27-17-8-6-4-2-1-3-5-7-10-20-11-9-12-22(27)15-13-20;;;/h14,16,18,20,22H,1-13,15,17,19,26H2;;;/q;;+1;-1. The predicted molar refractivity (Wildman–Crippen MR) is 120 cm³/mol. The molecular formula is C24H40AlFLiN2. The van der Waals surface area contributed by atoms with Crippen molar-refractivity contribution < 1.29 is 24.7 Å². The van der Waals surface area contributed by atoms with Crippen LogP contribution in [0.15, 0.2) is 18.2 Å². The average molecular weight is 410 g/mol. The Balaban J connectivity index is 0.00000280. The Morgan fingerprint density at radius 1 is 0.862 bits per heavy atom. The number of rotatable bonds is 2. The van der Waals surface area contributed by atoms with Crippen molar-refractivity contribution in [3.8, 4) is 0 Å². The molecule has 0 spiro atoms. The summed E-state index contributed by atoms with van der Waals surface area (Å²) < 4.78 is 14.9. The van der Waals surface area contributed by atoms with E-state index in [1.807, 2.05) is 12.1 Å². The van der Waals surface area contributed by atoms with E-state index in [-0.39, 0.29) is 43.5 Å². The molecule has 2 fully saturated rings. The van der Waals surface area contributed by atoms with Crippen LogP contribution < -0.4 is 29.5 Å². The minimum Gasteiger partial charge on any atom is -1.00 e. The minimum absolute atomic E-state index is 0. The van der Waals surface area contributed by atoms with Crippen molar-refractivity contribution in [2.24, 2.45) is 11.7 Å². The summed E-state index contributed by atoms with van der Waals surface area (Å²) >= 11 is 0. The zero-order chi connectivity index (χ0) is 18.9. The Morgan fingerprint density at radius 2 is 1.52 bits per heavy atom. The fraction of sp³-hybridized carbons (Fsp3) is 0.750. The second kappa shape index (κ2) is 14.9. The molecule has 1 heterocycles. The van der Waals surface area contributed by atoms with Gasteiger partial charge in [0.05, 0.1) is 5.69 Å². The molecule has 2 N–H and O–H groups in total. The summed E-state index contributed by atoms with van der Waals surface area (Å²) in [7, 11) is 0. The molecule has 29 heavy (non-hydrogen) atoms. The predicted octanol–water partition coefficient (Wildman–Crippen LogP) is 3.30. The van der Waals surface area contributed by atoms with Gasteiger partial charge in [-0.2, -0.15) is 0 Å². The number of nitrogens with zero attached hydrogens (tertiary/aromatic N) is 1. The number of anilines is 1. The maximum absolute atomic E-state index is 14.9. The SMILES string of the molecule is NCc1ccc(N2CCCCCCCCCCC3CCCC2CC3)c(F)c1.[Al].[H-].[Li+]. The quantitative estimate of drug-likeness (QED) is 0.760. The molecule has 2 bridgehead atoms. The third kappa shape index (κ3) is 8.59. The summed E-state index contributed by atoms with van der Waals surface area (Å²) in [5.41, 5.74) is 7.39. The summed E-state index contributed by atoms with van der Waals surface area (Å²) in [4.78, 5) is 2.41. The molecule has 1 aromatic carbocycles. The molecule has 3 rings (SSSR count). The third-order valence-corrected chi connectivity index (χ3v) is 6.82. The van der Waals surface area contributed by atoms with E-state index in [0.29, 0.717) is 12.6 Å². The summed E-state index contributed by atoms with van der Waals surface area (Å²) in [5.74, 6) is 0.808. The smallest absolute Gasteiger partial charge is 1.00 e. The molecule has 1 saturated carbocycles. The van der Waals surface area contributed by atoms with Crippen molar-refractivity contribution in [1.29, 1.82) is 0 Å². The largest absolute Gasteiger partial charge is 1.00 e. The van der Waals surface area contributed by atoms with Gasteiger partial charge >= 0.3 is 18.9 Å². The Hall–Kier alpha value is 0.0399. The minimum atomic E-state index is -0.0864. The summed E-state index contributed by atoms with van der Waals surface area (Å²) in [6.45, 7) is 1.40. The van der Waals surface area contributed by atoms with Crippen LogP contribution in [0.1, 0.15) is 96.9 Å². The van der Waals surface area contributed by atoms with Gasteiger partial charge in [0.2, 0.25) is 0 Å². The van der Waals surface area contributed by atoms with Crippen molar-refractivity contribution in [2.75, 3.05) is 11.4 Å². The molecule has 1 aromatic rings. The van der Waals surface area contributed by atoms with Gasteiger partial charge in [-0.25, -0.2) is 4.39 Å². The van der Waals surface area contributed by atoms with Gasteiger partial charge < -0.3 is 12.1 Å². The van der Waals surface area contributed by atoms with Gasteiger partial charge in [-0.3, -0.25) is 0 Å². The number of fused-ring (bicyclic) bond motifs is 3. The van der Waals surface area contributed by atoms with E-state index in [2.05, 4.69) is 4.90 Å². The average Bonchev–Trinajstić information content (AvgIpc) is 2.92. The zero-order valence-electron chi connectivity index (χ0n) is 19.7. The molecule has 1 aliphatic carbocycles. The van der Waals surface area contributed by atoms with Crippen LogP contribution in [-0.4, -0.2) is 29.9 Å². The van der Waals surface area contributed by atoms with Crippen LogP contribution in [0, 0.1) is 11.7 Å². The second-order valence-electron chi connectivity index (χ2n) is 8.83. The fourth-order valence-electron chi connectivity index (χ4n) is 5.15. The van der Waals surface area contributed by atoms with Crippen LogP contribution in [0.5, 0.6) is 0 Å². The molecule has 2 aliphatic rings. The van der Waals surface area contributed by atoms with Crippen LogP contribution in [0.25, 0.3) is 0 Å². The van der Waals surface area contributed by atoms with Gasteiger partial charge in [-0.15, -0.1) is 0 Å². The van der Waals surface area contributed by atoms with Crippen molar-refractivity contribution >= 4 is 23.0 Å². The first-order valence-corrected chi connectivity index (χ1v) is 11.5. The molecule has 5 heteroatoms. The maximum Gasteiger partial charge on any atom is 1.00 e. The number of halogens is 1. The van der Waals surface area contributed by atoms with Gasteiger partial charge in [0.1, 0.15) is 5.82 Å². The number of hydrogen-bond donors (Lipinski definition) is 1. The van der Waals surface area contributed by atoms with E-state index in [1.54, 1.807) is 6.07 Å². The summed E-state index contributed by atoms with van der Waals surface area (Å²) in [6, 6.07) is 6.13. The Labute approximate surface area is 202 Å². The molecule has 0 aromatic heterocycles. The first-order chi connectivity index (χ1) is 13.3. The van der Waals surface area contributed by atoms with E-state index in [9.17, 15) is 4.39 Å². The van der Waals surface area contributed by atoms with Crippen LogP contribution in [-0.2, 0) is 6.54 Å². The molecule has 1 saturated heterocycles. The number of hydrogen-bond acceptors (Lipinski definition) is 2. The summed E-state index contributed by atoms with van der Waals surface area (Å²) in [6.07, 6.45) is 18.6. The topological polar surface area (TPSA) is 29.3 Å². The van der Waals surface area contributed by atoms with E-state index < -0.39 is 0 Å². The van der Waals surface area contributed by atoms with Gasteiger partial charge in [-0.1, -0.05) is 70.3 Å². The molecule has 0 amide bonds. The van der Waals surface area contributed by atoms with Gasteiger partial charge in [-0.05, 0) is 49.3 Å². The van der Waals surface area contributed by atoms with E-state index in [0.717, 1.165) is 23.7 Å². The Kier molecular flexibility index (Phi) is 14.0. The van der Waals surface area contributed by atoms with Crippen molar-refractivity contribution in [3.05, 3.63) is 29.6 Å². The van der Waals surface area contributed by atoms with E-state index in [1.165, 1.54) is 89.9 Å². The first-order valence-electron chi connectivity index (χ1n) is 11.5. The van der Waals surface area contributed by atoms with Gasteiger partial charge in [0.15, 0.2) is 0 Å². The van der Waals surface area contributed by atoms with Crippen LogP contribution in [0.2, 0.25) is 0 Å². The normalized spacial score (nSPS) is 24.4. The second-order valence-corrected chi connectivity index (χ2v) is 8.83. The zero-order valence-corrected chi connectivity index (χ0v) is 19.8. The van der Waals surface area contributed by atoms with Gasteiger partial charge in [0.25, 0.3) is 0 Å². The first kappa shape index (κ1) is 27.1. The molecule has 157 valence electrons. The molecule has 2 atom stereocenters. The van der Waals surface area contributed by atoms with Crippen LogP contribution in [0.4, 0.5) is 10.1 Å². The van der Waals surface area contributed by atoms with Crippen LogP contribution in [0.3, 0.4) is 0 Å². The van der Waals surface area contributed by atoms with Crippen molar-refractivity contribution in [2.45, 2.75) is 102 Å². The van der Waals surface area contributed by atoms with Crippen molar-refractivity contribution in [1.82, 2.24) is 0 Å². The fourth-order valence-corrected chi connectivity index (χ4v) is 5.15. The third-order valence-electron chi connectivity index (χ3n) is 6.82. The molecular weight excluding hydrogens is 369 g/mol. The summed E-state index contributed by atoms with van der Waals surface area (Å²) in [5, 5.41) is 0. The monoisotopic (exact) mass is 409 g/mol. The van der Waals surface area contributed by atoms with E-state index in [4.69, 9.17) is 5.73 Å². The molecule has 2 nitrogen and oxygen atoms in total. The number of benzene rings is 1. The molecule has 3 radical (unpaired) electrons. The Morgan fingerprint density at radius 3 is 2.21 bits per heavy atom. The molecule has 2 unspecified atom stereocenters. The van der Waals surface area contributed by atoms with Gasteiger partial charge in [0, 0.05) is 36.5 Å². The Bertz CT molecular complexity index is 578. The van der Waals surface area contributed by atoms with E-state index >= 15 is 0 Å².